The van der Waals surface area contributed by atoms with Crippen LogP contribution in [-0.4, -0.2) is 48.5 Å². The summed E-state index contributed by atoms with van der Waals surface area (Å²) in [4.78, 5) is 44.5. The maximum absolute atomic E-state index is 11.9. The summed E-state index contributed by atoms with van der Waals surface area (Å²) >= 11 is 4.60. The van der Waals surface area contributed by atoms with E-state index in [4.69, 9.17) is 19.4 Å². The first-order chi connectivity index (χ1) is 12.0. The van der Waals surface area contributed by atoms with Crippen molar-refractivity contribution < 1.29 is 38.2 Å². The third-order valence-electron chi connectivity index (χ3n) is 3.43. The largest absolute Gasteiger partial charge is 0.432 e. The second-order valence-electron chi connectivity index (χ2n) is 5.34. The number of nitrogens with zero attached hydrogens (tertiary/aromatic N) is 1. The maximum atomic E-state index is 11.9. The van der Waals surface area contributed by atoms with Crippen LogP contribution in [0.5, 0.6) is 0 Å². The van der Waals surface area contributed by atoms with Crippen LogP contribution in [0, 0.1) is 6.92 Å². The number of aliphatic hydroxyl groups is 1. The van der Waals surface area contributed by atoms with Crippen molar-refractivity contribution in [3.8, 4) is 0 Å². The molecule has 0 amide bonds. The summed E-state index contributed by atoms with van der Waals surface area (Å²) in [6.45, 7) is -3.42. The molecule has 2 heterocycles. The maximum Gasteiger partial charge on any atom is 0.432 e. The highest BCUT2D eigenvalue weighted by Gasteiger charge is 2.42. The van der Waals surface area contributed by atoms with Crippen molar-refractivity contribution in [3.05, 3.63) is 32.6 Å². The highest BCUT2D eigenvalue weighted by molar-refractivity contribution is 8.08. The highest BCUT2D eigenvalue weighted by atomic mass is 32.5. The van der Waals surface area contributed by atoms with Crippen LogP contribution in [-0.2, 0) is 29.9 Å². The van der Waals surface area contributed by atoms with Crippen molar-refractivity contribution in [1.82, 2.24) is 14.8 Å². The van der Waals surface area contributed by atoms with E-state index < -0.39 is 50.8 Å². The monoisotopic (exact) mass is 433 g/mol. The second-order valence-corrected chi connectivity index (χ2v) is 9.77. The summed E-state index contributed by atoms with van der Waals surface area (Å²) in [5, 5.41) is 18.8. The smallest absolute Gasteiger partial charge is 0.394 e. The average Bonchev–Trinajstić information content (AvgIpc) is 2.91. The van der Waals surface area contributed by atoms with Crippen LogP contribution in [0.2, 0.25) is 0 Å². The summed E-state index contributed by atoms with van der Waals surface area (Å²) < 4.78 is 27.2. The quantitative estimate of drug-likeness (QED) is 0.223. The Labute approximate surface area is 151 Å². The highest BCUT2D eigenvalue weighted by Crippen LogP contribution is 2.59. The van der Waals surface area contributed by atoms with Crippen LogP contribution in [0.15, 0.2) is 15.8 Å². The minimum absolute atomic E-state index is 0.0960. The molecule has 6 N–H and O–H groups in total. The molecule has 26 heavy (non-hydrogen) atoms. The molecule has 1 fully saturated rings. The van der Waals surface area contributed by atoms with Gasteiger partial charge >= 0.3 is 20.2 Å². The van der Waals surface area contributed by atoms with Crippen LogP contribution >= 0.6 is 14.5 Å². The van der Waals surface area contributed by atoms with Gasteiger partial charge in [-0.25, -0.2) is 13.7 Å². The lowest BCUT2D eigenvalue weighted by Crippen LogP contribution is -2.33. The lowest BCUT2D eigenvalue weighted by atomic mass is 10.2. The van der Waals surface area contributed by atoms with Gasteiger partial charge in [-0.1, -0.05) is 0 Å². The van der Waals surface area contributed by atoms with Gasteiger partial charge in [0.05, 0.1) is 12.7 Å². The average molecular weight is 433 g/mol. The molecular formula is C10H17N3O10P2S. The third kappa shape index (κ3) is 5.15. The Morgan fingerprint density at radius 1 is 1.50 bits per heavy atom. The minimum Gasteiger partial charge on any atom is -0.394 e. The molecule has 2 rings (SSSR count). The number of nitrogens with one attached hydrogen (secondary N) is 2. The Kier molecular flexibility index (Phi) is 6.70. The van der Waals surface area contributed by atoms with E-state index >= 15 is 0 Å². The van der Waals surface area contributed by atoms with Crippen molar-refractivity contribution >= 4 is 26.3 Å². The van der Waals surface area contributed by atoms with E-state index in [0.29, 0.717) is 0 Å². The fraction of sp³-hybridized carbons (Fsp3) is 0.600. The molecule has 0 radical (unpaired) electrons. The number of H-pyrrole nitrogens is 1. The summed E-state index contributed by atoms with van der Waals surface area (Å²) in [6.07, 6.45) is -1.95. The Bertz CT molecular complexity index is 871. The van der Waals surface area contributed by atoms with Gasteiger partial charge in [-0.15, -0.1) is 5.25 Å². The molecule has 0 spiro atoms. The number of hydrogen-bond donors (Lipinski definition) is 6. The van der Waals surface area contributed by atoms with Crippen LogP contribution in [0.25, 0.3) is 0 Å². The lowest BCUT2D eigenvalue weighted by Gasteiger charge is -2.23. The van der Waals surface area contributed by atoms with Gasteiger partial charge in [0.2, 0.25) is 0 Å². The van der Waals surface area contributed by atoms with E-state index in [1.807, 2.05) is 0 Å². The number of aryl methyl sites for hydroxylation is 1. The number of rotatable bonds is 7. The molecule has 1 saturated heterocycles. The van der Waals surface area contributed by atoms with Crippen LogP contribution in [0.1, 0.15) is 18.2 Å². The molecule has 1 aromatic rings. The fourth-order valence-corrected chi connectivity index (χ4v) is 5.42. The SMILES string of the molecule is Cc1cn([C@H]2C[C@H](OP(O)(=S)OP(=O)(O)NO)[C@@H](CO)O2)c(=O)[nH]c1=O. The summed E-state index contributed by atoms with van der Waals surface area (Å²) in [7, 11) is -4.80. The Morgan fingerprint density at radius 3 is 2.73 bits per heavy atom. The zero-order chi connectivity index (χ0) is 19.7. The van der Waals surface area contributed by atoms with E-state index in [2.05, 4.69) is 21.1 Å². The topological polar surface area (TPSA) is 193 Å². The van der Waals surface area contributed by atoms with Crippen LogP contribution in [0.4, 0.5) is 0 Å². The van der Waals surface area contributed by atoms with Gasteiger partial charge < -0.3 is 29.4 Å². The molecule has 5 atom stereocenters. The van der Waals surface area contributed by atoms with E-state index in [1.165, 1.54) is 13.1 Å². The zero-order valence-corrected chi connectivity index (χ0v) is 15.8. The standard InChI is InChI=1S/C10H17N3O10P2S/c1-5-3-13(10(16)11-9(5)15)8-2-6(7(4-14)21-8)22-25(20,26)23-24(18,19)12-17/h3,6-8,14,17H,2,4H2,1H3,(H,20,26)(H,11,15,16)(H2,12,18,19)/t6-,7+,8+,25?/m0/s1. The molecular weight excluding hydrogens is 416 g/mol. The lowest BCUT2D eigenvalue weighted by molar-refractivity contribution is -0.0434. The Balaban J connectivity index is 2.21. The first kappa shape index (κ1) is 21.5. The van der Waals surface area contributed by atoms with Crippen molar-refractivity contribution in [2.24, 2.45) is 0 Å². The number of ether oxygens (including phenoxy) is 1. The van der Waals surface area contributed by atoms with Crippen LogP contribution in [0.3, 0.4) is 0 Å². The molecule has 1 aliphatic heterocycles. The molecule has 0 aliphatic carbocycles. The summed E-state index contributed by atoms with van der Waals surface area (Å²) in [5.41, 5.74) is -1.08. The molecule has 16 heteroatoms. The van der Waals surface area contributed by atoms with Gasteiger partial charge in [-0.3, -0.25) is 14.3 Å². The van der Waals surface area contributed by atoms with Crippen LogP contribution < -0.4 is 16.5 Å². The Hall–Kier alpha value is -0.760. The predicted molar refractivity (Wildman–Crippen MR) is 88.9 cm³/mol. The molecule has 13 nitrogen and oxygen atoms in total. The summed E-state index contributed by atoms with van der Waals surface area (Å²) in [5.74, 6) is 0. The Morgan fingerprint density at radius 2 is 2.15 bits per heavy atom. The molecule has 0 bridgehead atoms. The first-order valence-electron chi connectivity index (χ1n) is 7.03. The van der Waals surface area contributed by atoms with Gasteiger partial charge in [-0.05, 0) is 18.7 Å². The first-order valence-corrected chi connectivity index (χ1v) is 11.2. The molecule has 0 saturated carbocycles. The van der Waals surface area contributed by atoms with Crippen molar-refractivity contribution in [1.29, 1.82) is 0 Å². The van der Waals surface area contributed by atoms with E-state index in [0.717, 1.165) is 9.82 Å². The van der Waals surface area contributed by atoms with Crippen molar-refractivity contribution in [2.45, 2.75) is 31.8 Å². The second kappa shape index (κ2) is 8.09. The molecule has 0 aromatic carbocycles. The third-order valence-corrected chi connectivity index (χ3v) is 6.78. The van der Waals surface area contributed by atoms with Gasteiger partial charge in [0.15, 0.2) is 0 Å². The van der Waals surface area contributed by atoms with E-state index in [9.17, 15) is 24.2 Å². The fourth-order valence-electron chi connectivity index (χ4n) is 2.29. The molecule has 1 aliphatic rings. The van der Waals surface area contributed by atoms with Crippen molar-refractivity contribution in [3.63, 3.8) is 0 Å². The van der Waals surface area contributed by atoms with Gasteiger partial charge in [-0.2, -0.15) is 0 Å². The predicted octanol–water partition coefficient (Wildman–Crippen LogP) is -1.18. The van der Waals surface area contributed by atoms with E-state index in [-0.39, 0.29) is 12.0 Å². The number of aliphatic hydroxyl groups excluding tert-OH is 1. The molecule has 1 aromatic heterocycles. The minimum atomic E-state index is -4.80. The van der Waals surface area contributed by atoms with E-state index in [1.54, 1.807) is 0 Å². The summed E-state index contributed by atoms with van der Waals surface area (Å²) in [6, 6.07) is 0. The normalized spacial score (nSPS) is 27.8. The number of hydrogen-bond acceptors (Lipinski definition) is 9. The zero-order valence-electron chi connectivity index (χ0n) is 13.2. The molecule has 2 unspecified atom stereocenters. The van der Waals surface area contributed by atoms with Gasteiger partial charge in [0, 0.05) is 18.2 Å². The van der Waals surface area contributed by atoms with Gasteiger partial charge in [0.1, 0.15) is 12.3 Å². The number of aromatic nitrogens is 2. The van der Waals surface area contributed by atoms with Crippen molar-refractivity contribution in [2.75, 3.05) is 6.61 Å². The molecule has 148 valence electrons. The van der Waals surface area contributed by atoms with Gasteiger partial charge in [0.25, 0.3) is 5.56 Å². The number of aromatic amines is 1.